The number of carbonyl (C=O) groups excluding carboxylic acids is 2. The highest BCUT2D eigenvalue weighted by Gasteiger charge is 2.22. The fraction of sp³-hybridized carbons (Fsp3) is 0.286. The molecule has 0 atom stereocenters. The van der Waals surface area contributed by atoms with E-state index in [1.807, 2.05) is 0 Å². The van der Waals surface area contributed by atoms with Crippen LogP contribution in [0.5, 0.6) is 0 Å². The first-order valence-electron chi connectivity index (χ1n) is 9.56. The molecular formula is C21H22ClN3O3S2. The Hall–Kier alpha value is -2.13. The lowest BCUT2D eigenvalue weighted by atomic mass is 10.1. The summed E-state index contributed by atoms with van der Waals surface area (Å²) >= 11 is 12.5. The molecule has 3 rings (SSSR count). The van der Waals surface area contributed by atoms with Crippen molar-refractivity contribution in [2.75, 3.05) is 26.2 Å². The van der Waals surface area contributed by atoms with E-state index in [-0.39, 0.29) is 11.8 Å². The van der Waals surface area contributed by atoms with E-state index in [4.69, 9.17) is 28.2 Å². The van der Waals surface area contributed by atoms with Gasteiger partial charge in [-0.25, -0.2) is 0 Å². The first-order valence-corrected chi connectivity index (χ1v) is 11.2. The molecule has 1 aliphatic rings. The second-order valence-electron chi connectivity index (χ2n) is 6.53. The van der Waals surface area contributed by atoms with Gasteiger partial charge in [0.2, 0.25) is 0 Å². The third-order valence-corrected chi connectivity index (χ3v) is 6.14. The summed E-state index contributed by atoms with van der Waals surface area (Å²) in [5, 5.41) is 5.97. The smallest absolute Gasteiger partial charge is 0.263 e. The summed E-state index contributed by atoms with van der Waals surface area (Å²) in [6.45, 7) is 7.44. The minimum absolute atomic E-state index is 0.165. The standard InChI is InChI=1S/C21H22ClN3O3S2/c1-3-25(4-2)10-9-23-19(26)13-5-7-16(22)15(11-13)17-8-6-14(28-17)12-18-20(27)24-21(29)30-18/h5-8,11-12H,3-4,9-10H2,1-2H3,(H,23,26)(H,24,27,29)/b18-12+. The van der Waals surface area contributed by atoms with Crippen LogP contribution in [0.1, 0.15) is 30.0 Å². The van der Waals surface area contributed by atoms with Crippen LogP contribution in [0.15, 0.2) is 39.7 Å². The fourth-order valence-electron chi connectivity index (χ4n) is 2.95. The number of carbonyl (C=O) groups is 2. The topological polar surface area (TPSA) is 74.6 Å². The predicted molar refractivity (Wildman–Crippen MR) is 126 cm³/mol. The van der Waals surface area contributed by atoms with Crippen molar-refractivity contribution < 1.29 is 14.0 Å². The molecule has 1 fully saturated rings. The fourth-order valence-corrected chi connectivity index (χ4v) is 4.19. The van der Waals surface area contributed by atoms with Gasteiger partial charge in [-0.2, -0.15) is 0 Å². The highest BCUT2D eigenvalue weighted by Crippen LogP contribution is 2.32. The van der Waals surface area contributed by atoms with Crippen molar-refractivity contribution in [1.29, 1.82) is 0 Å². The molecule has 0 aliphatic carbocycles. The minimum atomic E-state index is -0.246. The summed E-state index contributed by atoms with van der Waals surface area (Å²) in [4.78, 5) is 27.0. The number of thiocarbonyl (C=S) groups is 1. The molecule has 6 nitrogen and oxygen atoms in total. The van der Waals surface area contributed by atoms with Gasteiger partial charge < -0.3 is 20.0 Å². The molecule has 1 aromatic heterocycles. The lowest BCUT2D eigenvalue weighted by Crippen LogP contribution is -2.34. The number of nitrogens with zero attached hydrogens (tertiary/aromatic N) is 1. The maximum Gasteiger partial charge on any atom is 0.263 e. The van der Waals surface area contributed by atoms with Crippen LogP contribution < -0.4 is 10.6 Å². The molecule has 0 unspecified atom stereocenters. The zero-order chi connectivity index (χ0) is 21.7. The molecule has 158 valence electrons. The van der Waals surface area contributed by atoms with Crippen LogP contribution in [0.4, 0.5) is 0 Å². The van der Waals surface area contributed by atoms with Gasteiger partial charge in [0.15, 0.2) is 0 Å². The minimum Gasteiger partial charge on any atom is -0.457 e. The van der Waals surface area contributed by atoms with Gasteiger partial charge in [0.1, 0.15) is 15.8 Å². The molecule has 9 heteroatoms. The van der Waals surface area contributed by atoms with Crippen molar-refractivity contribution in [2.24, 2.45) is 0 Å². The summed E-state index contributed by atoms with van der Waals surface area (Å²) in [5.41, 5.74) is 1.11. The number of nitrogens with one attached hydrogen (secondary N) is 2. The summed E-state index contributed by atoms with van der Waals surface area (Å²) in [7, 11) is 0. The van der Waals surface area contributed by atoms with Gasteiger partial charge in [0.25, 0.3) is 11.8 Å². The van der Waals surface area contributed by atoms with E-state index in [0.717, 1.165) is 19.6 Å². The van der Waals surface area contributed by atoms with Crippen molar-refractivity contribution in [3.63, 3.8) is 0 Å². The largest absolute Gasteiger partial charge is 0.457 e. The Kier molecular flexibility index (Phi) is 7.71. The summed E-state index contributed by atoms with van der Waals surface area (Å²) < 4.78 is 6.25. The Balaban J connectivity index is 1.73. The lowest BCUT2D eigenvalue weighted by molar-refractivity contribution is -0.115. The number of amides is 2. The predicted octanol–water partition coefficient (Wildman–Crippen LogP) is 4.16. The number of likely N-dealkylation sites (N-methyl/N-ethyl adjacent to an activating group) is 1. The monoisotopic (exact) mass is 463 g/mol. The molecule has 30 heavy (non-hydrogen) atoms. The first-order chi connectivity index (χ1) is 14.4. The van der Waals surface area contributed by atoms with E-state index in [2.05, 4.69) is 29.4 Å². The second kappa shape index (κ2) is 10.3. The van der Waals surface area contributed by atoms with Crippen molar-refractivity contribution in [2.45, 2.75) is 13.8 Å². The van der Waals surface area contributed by atoms with Gasteiger partial charge in [0, 0.05) is 30.3 Å². The van der Waals surface area contributed by atoms with Crippen LogP contribution in [0.3, 0.4) is 0 Å². The third kappa shape index (κ3) is 5.51. The number of furan rings is 1. The van der Waals surface area contributed by atoms with E-state index in [0.29, 0.717) is 43.4 Å². The number of thioether (sulfide) groups is 1. The molecule has 0 bridgehead atoms. The van der Waals surface area contributed by atoms with Gasteiger partial charge in [-0.3, -0.25) is 9.59 Å². The average molecular weight is 464 g/mol. The zero-order valence-corrected chi connectivity index (χ0v) is 19.0. The first kappa shape index (κ1) is 22.6. The van der Waals surface area contributed by atoms with Crippen LogP contribution in [0, 0.1) is 0 Å². The van der Waals surface area contributed by atoms with E-state index in [1.165, 1.54) is 11.8 Å². The maximum absolute atomic E-state index is 12.5. The van der Waals surface area contributed by atoms with E-state index in [9.17, 15) is 9.59 Å². The van der Waals surface area contributed by atoms with Crippen LogP contribution in [0.25, 0.3) is 17.4 Å². The zero-order valence-electron chi connectivity index (χ0n) is 16.7. The molecule has 0 saturated carbocycles. The Morgan fingerprint density at radius 1 is 1.30 bits per heavy atom. The SMILES string of the molecule is CCN(CC)CCNC(=O)c1ccc(Cl)c(-c2ccc(/C=C3/SC(=S)NC3=O)o2)c1. The normalized spacial score (nSPS) is 15.1. The van der Waals surface area contributed by atoms with Gasteiger partial charge >= 0.3 is 0 Å². The molecule has 1 saturated heterocycles. The van der Waals surface area contributed by atoms with E-state index >= 15 is 0 Å². The maximum atomic E-state index is 12.5. The van der Waals surface area contributed by atoms with Crippen molar-refractivity contribution in [3.8, 4) is 11.3 Å². The van der Waals surface area contributed by atoms with Gasteiger partial charge in [0.05, 0.1) is 9.93 Å². The quantitative estimate of drug-likeness (QED) is 0.452. The van der Waals surface area contributed by atoms with Crippen LogP contribution >= 0.6 is 35.6 Å². The average Bonchev–Trinajstić information content (AvgIpc) is 3.31. The molecular weight excluding hydrogens is 442 g/mol. The Morgan fingerprint density at radius 2 is 2.07 bits per heavy atom. The number of hydrogen-bond donors (Lipinski definition) is 2. The Morgan fingerprint density at radius 3 is 2.73 bits per heavy atom. The Bertz CT molecular complexity index is 999. The van der Waals surface area contributed by atoms with Crippen LogP contribution in [-0.4, -0.2) is 47.2 Å². The van der Waals surface area contributed by atoms with E-state index < -0.39 is 0 Å². The van der Waals surface area contributed by atoms with Crippen molar-refractivity contribution in [1.82, 2.24) is 15.5 Å². The molecule has 0 spiro atoms. The number of rotatable bonds is 8. The van der Waals surface area contributed by atoms with E-state index in [1.54, 1.807) is 36.4 Å². The molecule has 1 aliphatic heterocycles. The number of benzene rings is 1. The van der Waals surface area contributed by atoms with Crippen molar-refractivity contribution in [3.05, 3.63) is 51.6 Å². The summed E-state index contributed by atoms with van der Waals surface area (Å²) in [6.07, 6.45) is 1.63. The molecule has 2 aromatic rings. The molecule has 2 amide bonds. The molecule has 2 N–H and O–H groups in total. The Labute approximate surface area is 190 Å². The molecule has 2 heterocycles. The number of hydrogen-bond acceptors (Lipinski definition) is 6. The second-order valence-corrected chi connectivity index (χ2v) is 8.66. The third-order valence-electron chi connectivity index (χ3n) is 4.64. The highest BCUT2D eigenvalue weighted by molar-refractivity contribution is 8.26. The van der Waals surface area contributed by atoms with Gasteiger partial charge in [-0.15, -0.1) is 0 Å². The lowest BCUT2D eigenvalue weighted by Gasteiger charge is -2.18. The van der Waals surface area contributed by atoms with Crippen LogP contribution in [-0.2, 0) is 4.79 Å². The van der Waals surface area contributed by atoms with Gasteiger partial charge in [-0.05, 0) is 43.4 Å². The summed E-state index contributed by atoms with van der Waals surface area (Å²) in [6, 6.07) is 8.56. The van der Waals surface area contributed by atoms with Crippen molar-refractivity contribution >= 4 is 57.8 Å². The number of halogens is 1. The highest BCUT2D eigenvalue weighted by atomic mass is 35.5. The van der Waals surface area contributed by atoms with Crippen LogP contribution in [0.2, 0.25) is 5.02 Å². The molecule has 1 aromatic carbocycles. The molecule has 0 radical (unpaired) electrons. The summed E-state index contributed by atoms with van der Waals surface area (Å²) in [5.74, 6) is 0.596. The van der Waals surface area contributed by atoms with Gasteiger partial charge in [-0.1, -0.05) is 49.4 Å².